The molecule has 0 saturated carbocycles. The maximum absolute atomic E-state index is 11.4. The van der Waals surface area contributed by atoms with Crippen LogP contribution < -0.4 is 15.4 Å². The highest BCUT2D eigenvalue weighted by Crippen LogP contribution is 2.60. The molecule has 0 spiro atoms. The maximum Gasteiger partial charge on any atom is 0.308 e. The molecule has 0 radical (unpaired) electrons. The van der Waals surface area contributed by atoms with Crippen LogP contribution in [0.2, 0.25) is 0 Å². The molecule has 0 aliphatic rings. The van der Waals surface area contributed by atoms with Crippen LogP contribution in [0.15, 0.2) is 0 Å². The van der Waals surface area contributed by atoms with Gasteiger partial charge in [0, 0.05) is 23.1 Å². The third-order valence-corrected chi connectivity index (χ3v) is 6.21. The summed E-state index contributed by atoms with van der Waals surface area (Å²) in [5, 5.41) is 12.5. The molecule has 5 N–H and O–H groups in total. The zero-order valence-corrected chi connectivity index (χ0v) is 9.69. The van der Waals surface area contributed by atoms with E-state index in [1.165, 1.54) is 11.8 Å². The Kier molecular flexibility index (Phi) is 6.52. The van der Waals surface area contributed by atoms with Crippen molar-refractivity contribution in [1.29, 1.82) is 0 Å². The lowest BCUT2D eigenvalue weighted by molar-refractivity contribution is -0.116. The molecule has 0 fully saturated rings. The Morgan fingerprint density at radius 2 is 2.00 bits per heavy atom. The number of hydrogen-bond acceptors (Lipinski definition) is 7. The van der Waals surface area contributed by atoms with Gasteiger partial charge >= 0.3 is 5.70 Å². The number of nitrogens with two attached hydrogens (primary N) is 2. The first-order valence-electron chi connectivity index (χ1n) is 2.75. The predicted molar refractivity (Wildman–Crippen MR) is 57.7 cm³/mol. The second-order valence-electron chi connectivity index (χ2n) is 1.68. The highest BCUT2D eigenvalue weighted by atomic mass is 33.1. The van der Waals surface area contributed by atoms with E-state index >= 15 is 0 Å². The summed E-state index contributed by atoms with van der Waals surface area (Å²) in [4.78, 5) is 10.9. The van der Waals surface area contributed by atoms with E-state index in [1.807, 2.05) is 0 Å². The molecule has 0 aliphatic heterocycles. The van der Waals surface area contributed by atoms with Gasteiger partial charge in [-0.25, -0.2) is 0 Å². The molecule has 9 heteroatoms. The Morgan fingerprint density at radius 1 is 1.50 bits per heavy atom. The third kappa shape index (κ3) is 4.64. The molecular formula is C3H10N3O2PS3. The number of hydrogen-bond donors (Lipinski definition) is 3. The second-order valence-corrected chi connectivity index (χ2v) is 9.23. The summed E-state index contributed by atoms with van der Waals surface area (Å²) in [6.07, 6.45) is 1.77. The molecule has 0 atom stereocenters. The number of thioether (sulfide) groups is 1. The largest absolute Gasteiger partial charge is 0.308 e. The Bertz CT molecular complexity index is 193. The Balaban J connectivity index is 4.03. The van der Waals surface area contributed by atoms with Gasteiger partial charge in [-0.3, -0.25) is 24.7 Å². The number of carbonyl (C=O) groups is 1. The summed E-state index contributed by atoms with van der Waals surface area (Å²) in [5.74, 6) is -0.0628. The Hall–Kier alpha value is 0.670. The minimum absolute atomic E-state index is 0.255. The van der Waals surface area contributed by atoms with Crippen molar-refractivity contribution in [3.05, 3.63) is 0 Å². The van der Waals surface area contributed by atoms with Gasteiger partial charge in [0.25, 0.3) is 0 Å². The summed E-state index contributed by atoms with van der Waals surface area (Å²) >= 11 is 2.50. The average molecular weight is 247 g/mol. The van der Waals surface area contributed by atoms with E-state index < -0.39 is 5.70 Å². The maximum atomic E-state index is 11.4. The number of carbonyl (C=O) groups excluding carboxylic acids is 1. The molecule has 0 unspecified atom stereocenters. The van der Waals surface area contributed by atoms with Gasteiger partial charge < -0.3 is 0 Å². The number of rotatable bonds is 5. The van der Waals surface area contributed by atoms with Crippen LogP contribution >= 0.6 is 40.6 Å². The molecule has 5 nitrogen and oxygen atoms in total. The number of nitrogens with one attached hydrogen (secondary N) is 1. The second kappa shape index (κ2) is 6.17. The van der Waals surface area contributed by atoms with Crippen molar-refractivity contribution in [2.45, 2.75) is 0 Å². The van der Waals surface area contributed by atoms with Crippen LogP contribution in [0.1, 0.15) is 0 Å². The van der Waals surface area contributed by atoms with Gasteiger partial charge in [-0.15, -0.1) is 0 Å². The first-order chi connectivity index (χ1) is 5.58. The molecule has 0 bridgehead atoms. The van der Waals surface area contributed by atoms with Gasteiger partial charge in [-0.1, -0.05) is 0 Å². The summed E-state index contributed by atoms with van der Waals surface area (Å²) in [7, 11) is 0. The lowest BCUT2D eigenvalue weighted by Crippen LogP contribution is -2.21. The van der Waals surface area contributed by atoms with Crippen molar-refractivity contribution in [2.24, 2.45) is 10.3 Å². The normalized spacial score (nSPS) is 11.2. The molecule has 0 aromatic rings. The van der Waals surface area contributed by atoms with E-state index in [0.717, 1.165) is 0 Å². The van der Waals surface area contributed by atoms with Gasteiger partial charge in [0.05, 0.1) is 5.75 Å². The summed E-state index contributed by atoms with van der Waals surface area (Å²) in [6.45, 7) is 0. The van der Waals surface area contributed by atoms with Crippen molar-refractivity contribution < 1.29 is 9.36 Å². The van der Waals surface area contributed by atoms with E-state index in [9.17, 15) is 9.36 Å². The van der Waals surface area contributed by atoms with Crippen LogP contribution in [0.25, 0.3) is 0 Å². The minimum atomic E-state index is -2.99. The average Bonchev–Trinajstić information content (AvgIpc) is 2.05. The fourth-order valence-corrected chi connectivity index (χ4v) is 2.90. The lowest BCUT2D eigenvalue weighted by atomic mass is 10.8. The standard InChI is InChI=1S/C3H10N3O2PS3/c1-10-2-3(7)6-9(8,11-4)12-5/h2,4-5H2,1H3,(H,6,7,8). The molecular weight excluding hydrogens is 237 g/mol. The molecule has 1 amide bonds. The zero-order valence-electron chi connectivity index (χ0n) is 6.35. The molecule has 0 aromatic carbocycles. The van der Waals surface area contributed by atoms with E-state index in [4.69, 9.17) is 10.3 Å². The minimum Gasteiger partial charge on any atom is -0.288 e. The van der Waals surface area contributed by atoms with E-state index in [1.54, 1.807) is 6.26 Å². The van der Waals surface area contributed by atoms with Gasteiger partial charge in [0.2, 0.25) is 5.91 Å². The molecule has 0 aliphatic carbocycles. The van der Waals surface area contributed by atoms with Crippen molar-refractivity contribution >= 4 is 46.5 Å². The molecule has 72 valence electrons. The van der Waals surface area contributed by atoms with Crippen LogP contribution in [-0.2, 0) is 9.36 Å². The van der Waals surface area contributed by atoms with E-state index in [-0.39, 0.29) is 11.7 Å². The highest BCUT2D eigenvalue weighted by molar-refractivity contribution is 8.89. The Morgan fingerprint density at radius 3 is 2.33 bits per heavy atom. The zero-order chi connectivity index (χ0) is 9.61. The van der Waals surface area contributed by atoms with Crippen LogP contribution in [0, 0.1) is 0 Å². The topological polar surface area (TPSA) is 98.2 Å². The van der Waals surface area contributed by atoms with Crippen LogP contribution in [0.4, 0.5) is 0 Å². The molecule has 0 heterocycles. The quantitative estimate of drug-likeness (QED) is 0.488. The van der Waals surface area contributed by atoms with Crippen molar-refractivity contribution in [3.63, 3.8) is 0 Å². The van der Waals surface area contributed by atoms with Crippen LogP contribution in [0.5, 0.6) is 0 Å². The molecule has 12 heavy (non-hydrogen) atoms. The van der Waals surface area contributed by atoms with Gasteiger partial charge in [0.1, 0.15) is 0 Å². The summed E-state index contributed by atoms with van der Waals surface area (Å²) in [6, 6.07) is 0. The van der Waals surface area contributed by atoms with Gasteiger partial charge in [0.15, 0.2) is 0 Å². The predicted octanol–water partition coefficient (Wildman–Crippen LogP) is 0.788. The fraction of sp³-hybridized carbons (Fsp3) is 0.667. The first-order valence-corrected chi connectivity index (χ1v) is 8.82. The van der Waals surface area contributed by atoms with Crippen molar-refractivity contribution in [2.75, 3.05) is 12.0 Å². The molecule has 0 aromatic heterocycles. The Labute approximate surface area is 83.3 Å². The third-order valence-electron chi connectivity index (χ3n) is 0.815. The molecule has 0 rings (SSSR count). The van der Waals surface area contributed by atoms with Crippen LogP contribution in [-0.4, -0.2) is 17.9 Å². The number of amides is 1. The lowest BCUT2D eigenvalue weighted by Gasteiger charge is -2.11. The molecule has 0 saturated heterocycles. The van der Waals surface area contributed by atoms with E-state index in [2.05, 4.69) is 5.09 Å². The van der Waals surface area contributed by atoms with Crippen molar-refractivity contribution in [3.8, 4) is 0 Å². The van der Waals surface area contributed by atoms with Gasteiger partial charge in [-0.05, 0) is 6.26 Å². The van der Waals surface area contributed by atoms with Gasteiger partial charge in [-0.2, -0.15) is 11.8 Å². The van der Waals surface area contributed by atoms with Crippen LogP contribution in [0.3, 0.4) is 0 Å². The monoisotopic (exact) mass is 247 g/mol. The first kappa shape index (κ1) is 12.7. The summed E-state index contributed by atoms with van der Waals surface area (Å²) in [5.41, 5.74) is -2.99. The fourth-order valence-electron chi connectivity index (χ4n) is 0.394. The SMILES string of the molecule is CSCC(=O)NP(=O)(SN)SN. The highest BCUT2D eigenvalue weighted by Gasteiger charge is 2.23. The summed E-state index contributed by atoms with van der Waals surface area (Å²) < 4.78 is 11.4. The van der Waals surface area contributed by atoms with Crippen molar-refractivity contribution in [1.82, 2.24) is 5.09 Å². The van der Waals surface area contributed by atoms with E-state index in [0.29, 0.717) is 23.1 Å². The smallest absolute Gasteiger partial charge is 0.288 e.